The van der Waals surface area contributed by atoms with Gasteiger partial charge in [-0.1, -0.05) is 25.1 Å². The van der Waals surface area contributed by atoms with Crippen molar-refractivity contribution in [3.63, 3.8) is 0 Å². The van der Waals surface area contributed by atoms with E-state index in [-0.39, 0.29) is 11.6 Å². The first-order chi connectivity index (χ1) is 13.1. The average Bonchev–Trinajstić information content (AvgIpc) is 2.72. The van der Waals surface area contributed by atoms with E-state index in [0.717, 1.165) is 5.69 Å². The molecule has 1 aliphatic rings. The number of amides is 1. The molecule has 0 radical (unpaired) electrons. The van der Waals surface area contributed by atoms with Crippen LogP contribution >= 0.6 is 0 Å². The molecule has 1 atom stereocenters. The summed E-state index contributed by atoms with van der Waals surface area (Å²) in [5, 5.41) is 10.8. The van der Waals surface area contributed by atoms with Crippen LogP contribution in [0.1, 0.15) is 13.3 Å². The zero-order valence-corrected chi connectivity index (χ0v) is 15.3. The van der Waals surface area contributed by atoms with Gasteiger partial charge in [-0.2, -0.15) is 0 Å². The quantitative estimate of drug-likeness (QED) is 0.578. The molecule has 1 saturated heterocycles. The maximum absolute atomic E-state index is 12.8. The van der Waals surface area contributed by atoms with Crippen molar-refractivity contribution in [1.29, 1.82) is 0 Å². The molecule has 2 aromatic carbocycles. The van der Waals surface area contributed by atoms with E-state index in [0.29, 0.717) is 38.3 Å². The summed E-state index contributed by atoms with van der Waals surface area (Å²) >= 11 is 0. The second-order valence-electron chi connectivity index (χ2n) is 6.41. The van der Waals surface area contributed by atoms with Crippen molar-refractivity contribution in [2.24, 2.45) is 0 Å². The van der Waals surface area contributed by atoms with E-state index < -0.39 is 11.0 Å². The van der Waals surface area contributed by atoms with E-state index in [2.05, 4.69) is 4.90 Å². The molecule has 7 heteroatoms. The van der Waals surface area contributed by atoms with Crippen molar-refractivity contribution in [2.45, 2.75) is 19.4 Å². The molecule has 0 spiro atoms. The molecular formula is C20H23N3O4. The van der Waals surface area contributed by atoms with Crippen LogP contribution in [0.5, 0.6) is 5.75 Å². The molecule has 1 aliphatic heterocycles. The normalized spacial score (nSPS) is 15.3. The van der Waals surface area contributed by atoms with Crippen LogP contribution in [0.15, 0.2) is 54.6 Å². The first-order valence-electron chi connectivity index (χ1n) is 9.08. The third-order valence-electron chi connectivity index (χ3n) is 4.68. The maximum atomic E-state index is 12.8. The first-order valence-corrected chi connectivity index (χ1v) is 9.08. The molecule has 0 unspecified atom stereocenters. The van der Waals surface area contributed by atoms with Gasteiger partial charge >= 0.3 is 0 Å². The van der Waals surface area contributed by atoms with Gasteiger partial charge in [0.1, 0.15) is 5.75 Å². The van der Waals surface area contributed by atoms with Crippen LogP contribution < -0.4 is 9.64 Å². The van der Waals surface area contributed by atoms with Crippen LogP contribution in [-0.2, 0) is 4.79 Å². The van der Waals surface area contributed by atoms with E-state index in [1.807, 2.05) is 42.2 Å². The number of para-hydroxylation sites is 1. The number of piperazine rings is 1. The third kappa shape index (κ3) is 4.55. The zero-order chi connectivity index (χ0) is 19.2. The van der Waals surface area contributed by atoms with Crippen LogP contribution in [0.3, 0.4) is 0 Å². The molecule has 1 amide bonds. The van der Waals surface area contributed by atoms with Crippen molar-refractivity contribution < 1.29 is 14.5 Å². The molecule has 0 saturated carbocycles. The number of carbonyl (C=O) groups excluding carboxylic acids is 1. The Hall–Kier alpha value is -3.09. The predicted molar refractivity (Wildman–Crippen MR) is 103 cm³/mol. The number of nitrogens with zero attached hydrogens (tertiary/aromatic N) is 3. The fourth-order valence-electron chi connectivity index (χ4n) is 3.15. The smallest absolute Gasteiger partial charge is 0.269 e. The molecule has 1 heterocycles. The van der Waals surface area contributed by atoms with Gasteiger partial charge in [0.15, 0.2) is 6.10 Å². The summed E-state index contributed by atoms with van der Waals surface area (Å²) in [5.74, 6) is 0.701. The number of anilines is 1. The third-order valence-corrected chi connectivity index (χ3v) is 4.68. The molecule has 7 nitrogen and oxygen atoms in total. The summed E-state index contributed by atoms with van der Waals surface area (Å²) in [6.45, 7) is 4.52. The standard InChI is InChI=1S/C20H23N3O4/c1-2-19(27-18-6-4-3-5-7-18)20(24)22-14-12-21(13-15-22)16-8-10-17(11-9-16)23(25)26/h3-11,19H,2,12-15H2,1H3/t19-/m0/s1. The summed E-state index contributed by atoms with van der Waals surface area (Å²) in [6, 6.07) is 15.9. The Kier molecular flexibility index (Phi) is 5.90. The fraction of sp³-hybridized carbons (Fsp3) is 0.350. The highest BCUT2D eigenvalue weighted by Gasteiger charge is 2.28. The van der Waals surface area contributed by atoms with Crippen LogP contribution in [-0.4, -0.2) is 48.0 Å². The van der Waals surface area contributed by atoms with Crippen LogP contribution in [0.2, 0.25) is 0 Å². The maximum Gasteiger partial charge on any atom is 0.269 e. The summed E-state index contributed by atoms with van der Waals surface area (Å²) < 4.78 is 5.86. The second-order valence-corrected chi connectivity index (χ2v) is 6.41. The van der Waals surface area contributed by atoms with Crippen molar-refractivity contribution in [3.8, 4) is 5.75 Å². The van der Waals surface area contributed by atoms with Gasteiger partial charge in [0.05, 0.1) is 4.92 Å². The highest BCUT2D eigenvalue weighted by Crippen LogP contribution is 2.21. The first kappa shape index (κ1) is 18.7. The van der Waals surface area contributed by atoms with Gasteiger partial charge < -0.3 is 14.5 Å². The molecule has 0 N–H and O–H groups in total. The molecule has 2 aromatic rings. The van der Waals surface area contributed by atoms with Gasteiger partial charge in [-0.15, -0.1) is 0 Å². The van der Waals surface area contributed by atoms with Gasteiger partial charge in [-0.3, -0.25) is 14.9 Å². The zero-order valence-electron chi connectivity index (χ0n) is 15.3. The van der Waals surface area contributed by atoms with E-state index in [1.54, 1.807) is 12.1 Å². The number of hydrogen-bond acceptors (Lipinski definition) is 5. The highest BCUT2D eigenvalue weighted by atomic mass is 16.6. The summed E-state index contributed by atoms with van der Waals surface area (Å²) in [5.41, 5.74) is 1.01. The lowest BCUT2D eigenvalue weighted by Crippen LogP contribution is -2.52. The van der Waals surface area contributed by atoms with E-state index >= 15 is 0 Å². The van der Waals surface area contributed by atoms with Crippen molar-refractivity contribution in [3.05, 3.63) is 64.7 Å². The molecule has 0 bridgehead atoms. The molecule has 3 rings (SSSR count). The summed E-state index contributed by atoms with van der Waals surface area (Å²) in [4.78, 5) is 27.1. The molecule has 1 fully saturated rings. The average molecular weight is 369 g/mol. The van der Waals surface area contributed by atoms with Crippen LogP contribution in [0.4, 0.5) is 11.4 Å². The highest BCUT2D eigenvalue weighted by molar-refractivity contribution is 5.81. The van der Waals surface area contributed by atoms with Crippen molar-refractivity contribution >= 4 is 17.3 Å². The molecule has 142 valence electrons. The lowest BCUT2D eigenvalue weighted by molar-refractivity contribution is -0.384. The lowest BCUT2D eigenvalue weighted by atomic mass is 10.2. The van der Waals surface area contributed by atoms with E-state index in [9.17, 15) is 14.9 Å². The number of rotatable bonds is 6. The Labute approximate surface area is 158 Å². The van der Waals surface area contributed by atoms with Gasteiger partial charge in [-0.25, -0.2) is 0 Å². The minimum atomic E-state index is -0.488. The number of non-ortho nitro benzene ring substituents is 1. The fourth-order valence-corrected chi connectivity index (χ4v) is 3.15. The number of ether oxygens (including phenoxy) is 1. The molecule has 0 aliphatic carbocycles. The number of hydrogen-bond donors (Lipinski definition) is 0. The van der Waals surface area contributed by atoms with Gasteiger partial charge in [0, 0.05) is 44.0 Å². The molecule has 27 heavy (non-hydrogen) atoms. The largest absolute Gasteiger partial charge is 0.481 e. The molecular weight excluding hydrogens is 346 g/mol. The lowest BCUT2D eigenvalue weighted by Gasteiger charge is -2.37. The minimum Gasteiger partial charge on any atom is -0.481 e. The topological polar surface area (TPSA) is 75.9 Å². The van der Waals surface area contributed by atoms with E-state index in [4.69, 9.17) is 4.74 Å². The number of nitro groups is 1. The number of carbonyl (C=O) groups is 1. The Morgan fingerprint density at radius 3 is 2.26 bits per heavy atom. The van der Waals surface area contributed by atoms with Gasteiger partial charge in [0.25, 0.3) is 11.6 Å². The number of nitro benzene ring substituents is 1. The monoisotopic (exact) mass is 369 g/mol. The van der Waals surface area contributed by atoms with Crippen molar-refractivity contribution in [1.82, 2.24) is 4.90 Å². The Balaban J connectivity index is 1.57. The Morgan fingerprint density at radius 2 is 1.70 bits per heavy atom. The second kappa shape index (κ2) is 8.53. The Bertz CT molecular complexity index is 772. The summed E-state index contributed by atoms with van der Waals surface area (Å²) in [7, 11) is 0. The van der Waals surface area contributed by atoms with Crippen LogP contribution in [0.25, 0.3) is 0 Å². The SMILES string of the molecule is CC[C@H](Oc1ccccc1)C(=O)N1CCN(c2ccc([N+](=O)[O-])cc2)CC1. The summed E-state index contributed by atoms with van der Waals surface area (Å²) in [6.07, 6.45) is 0.120. The molecule has 0 aromatic heterocycles. The van der Waals surface area contributed by atoms with Gasteiger partial charge in [-0.05, 0) is 30.7 Å². The van der Waals surface area contributed by atoms with E-state index in [1.165, 1.54) is 12.1 Å². The van der Waals surface area contributed by atoms with Crippen LogP contribution in [0, 0.1) is 10.1 Å². The minimum absolute atomic E-state index is 0.00435. The predicted octanol–water partition coefficient (Wildman–Crippen LogP) is 3.10. The Morgan fingerprint density at radius 1 is 1.07 bits per heavy atom. The van der Waals surface area contributed by atoms with Crippen molar-refractivity contribution in [2.75, 3.05) is 31.1 Å². The van der Waals surface area contributed by atoms with Gasteiger partial charge in [0.2, 0.25) is 0 Å². The number of benzene rings is 2.